The Hall–Kier alpha value is -2.70. The van der Waals surface area contributed by atoms with Gasteiger partial charge in [0, 0.05) is 37.2 Å². The van der Waals surface area contributed by atoms with Gasteiger partial charge < -0.3 is 10.2 Å². The van der Waals surface area contributed by atoms with Gasteiger partial charge in [-0.2, -0.15) is 0 Å². The van der Waals surface area contributed by atoms with Crippen molar-refractivity contribution in [1.29, 1.82) is 0 Å². The van der Waals surface area contributed by atoms with Gasteiger partial charge in [0.2, 0.25) is 5.91 Å². The third kappa shape index (κ3) is 4.33. The molecule has 0 spiro atoms. The summed E-state index contributed by atoms with van der Waals surface area (Å²) in [4.78, 5) is 52.9. The van der Waals surface area contributed by atoms with Crippen LogP contribution in [0.1, 0.15) is 71.6 Å². The van der Waals surface area contributed by atoms with E-state index in [1.807, 2.05) is 27.7 Å². The zero-order valence-electron chi connectivity index (χ0n) is 17.5. The molecule has 7 heteroatoms. The number of hydrogen-bond donors (Lipinski definition) is 1. The number of benzene rings is 1. The number of nitrogens with one attached hydrogen (secondary N) is 1. The number of carbonyl (C=O) groups excluding carboxylic acids is 4. The second-order valence-electron chi connectivity index (χ2n) is 8.60. The fourth-order valence-corrected chi connectivity index (χ4v) is 3.73. The molecule has 4 amide bonds. The molecule has 1 aromatic rings. The molecule has 2 heterocycles. The first-order valence-electron chi connectivity index (χ1n) is 10.3. The first-order chi connectivity index (χ1) is 13.7. The lowest BCUT2D eigenvalue weighted by atomic mass is 10.0. The van der Waals surface area contributed by atoms with Crippen molar-refractivity contribution in [2.45, 2.75) is 46.6 Å². The Labute approximate surface area is 171 Å². The van der Waals surface area contributed by atoms with Crippen LogP contribution in [0.4, 0.5) is 0 Å². The van der Waals surface area contributed by atoms with Crippen LogP contribution in [0.2, 0.25) is 0 Å². The van der Waals surface area contributed by atoms with Crippen molar-refractivity contribution in [3.63, 3.8) is 0 Å². The SMILES string of the molecule is CC(C)CN1C(=O)c2ccc(C(=O)N3CCC(NC(=O)C(C)C)CC3)cc2C1=O. The van der Waals surface area contributed by atoms with Crippen molar-refractivity contribution in [2.75, 3.05) is 19.6 Å². The van der Waals surface area contributed by atoms with Crippen molar-refractivity contribution in [1.82, 2.24) is 15.1 Å². The summed E-state index contributed by atoms with van der Waals surface area (Å²) >= 11 is 0. The van der Waals surface area contributed by atoms with Crippen LogP contribution >= 0.6 is 0 Å². The van der Waals surface area contributed by atoms with E-state index in [4.69, 9.17) is 0 Å². The zero-order valence-corrected chi connectivity index (χ0v) is 17.5. The second kappa shape index (κ2) is 8.35. The minimum absolute atomic E-state index is 0.0301. The van der Waals surface area contributed by atoms with E-state index in [0.29, 0.717) is 49.2 Å². The summed E-state index contributed by atoms with van der Waals surface area (Å²) in [7, 11) is 0. The quantitative estimate of drug-likeness (QED) is 0.770. The Balaban J connectivity index is 1.67. The van der Waals surface area contributed by atoms with Crippen LogP contribution in [-0.4, -0.2) is 59.1 Å². The summed E-state index contributed by atoms with van der Waals surface area (Å²) in [6.07, 6.45) is 1.41. The molecule has 0 radical (unpaired) electrons. The average Bonchev–Trinajstić information content (AvgIpc) is 2.92. The van der Waals surface area contributed by atoms with E-state index in [9.17, 15) is 19.2 Å². The van der Waals surface area contributed by atoms with Gasteiger partial charge in [-0.3, -0.25) is 24.1 Å². The summed E-state index contributed by atoms with van der Waals surface area (Å²) in [5.41, 5.74) is 1.09. The fraction of sp³-hybridized carbons (Fsp3) is 0.545. The Morgan fingerprint density at radius 3 is 2.24 bits per heavy atom. The van der Waals surface area contributed by atoms with Crippen LogP contribution in [0, 0.1) is 11.8 Å². The maximum Gasteiger partial charge on any atom is 0.261 e. The van der Waals surface area contributed by atoms with Crippen LogP contribution in [0.25, 0.3) is 0 Å². The first-order valence-corrected chi connectivity index (χ1v) is 10.3. The predicted molar refractivity (Wildman–Crippen MR) is 109 cm³/mol. The minimum Gasteiger partial charge on any atom is -0.353 e. The average molecular weight is 399 g/mol. The molecule has 1 aromatic carbocycles. The van der Waals surface area contributed by atoms with Crippen molar-refractivity contribution in [2.24, 2.45) is 11.8 Å². The van der Waals surface area contributed by atoms with E-state index in [-0.39, 0.29) is 41.5 Å². The van der Waals surface area contributed by atoms with Crippen molar-refractivity contribution < 1.29 is 19.2 Å². The normalized spacial score (nSPS) is 17.3. The summed E-state index contributed by atoms with van der Waals surface area (Å²) in [5, 5.41) is 3.02. The summed E-state index contributed by atoms with van der Waals surface area (Å²) < 4.78 is 0. The molecule has 0 atom stereocenters. The molecular weight excluding hydrogens is 370 g/mol. The van der Waals surface area contributed by atoms with E-state index >= 15 is 0 Å². The maximum atomic E-state index is 12.9. The zero-order chi connectivity index (χ0) is 21.3. The Morgan fingerprint density at radius 1 is 1.03 bits per heavy atom. The molecule has 2 aliphatic heterocycles. The molecule has 0 unspecified atom stereocenters. The maximum absolute atomic E-state index is 12.9. The Bertz CT molecular complexity index is 838. The topological polar surface area (TPSA) is 86.8 Å². The number of rotatable bonds is 5. The number of hydrogen-bond acceptors (Lipinski definition) is 4. The minimum atomic E-state index is -0.330. The highest BCUT2D eigenvalue weighted by atomic mass is 16.2. The fourth-order valence-electron chi connectivity index (χ4n) is 3.73. The van der Waals surface area contributed by atoms with Gasteiger partial charge >= 0.3 is 0 Å². The molecule has 0 aromatic heterocycles. The molecule has 0 saturated carbocycles. The summed E-state index contributed by atoms with van der Waals surface area (Å²) in [6, 6.07) is 4.83. The van der Waals surface area contributed by atoms with Crippen molar-refractivity contribution >= 4 is 23.6 Å². The van der Waals surface area contributed by atoms with Gasteiger partial charge in [0.25, 0.3) is 17.7 Å². The number of likely N-dealkylation sites (tertiary alicyclic amines) is 1. The molecule has 0 aliphatic carbocycles. The Morgan fingerprint density at radius 2 is 1.66 bits per heavy atom. The van der Waals surface area contributed by atoms with Gasteiger partial charge in [0.05, 0.1) is 11.1 Å². The van der Waals surface area contributed by atoms with E-state index in [1.54, 1.807) is 23.1 Å². The van der Waals surface area contributed by atoms with Crippen LogP contribution in [-0.2, 0) is 4.79 Å². The van der Waals surface area contributed by atoms with Gasteiger partial charge in [-0.1, -0.05) is 27.7 Å². The van der Waals surface area contributed by atoms with E-state index in [1.165, 1.54) is 4.90 Å². The number of imide groups is 1. The van der Waals surface area contributed by atoms with Gasteiger partial charge in [-0.25, -0.2) is 0 Å². The van der Waals surface area contributed by atoms with E-state index in [0.717, 1.165) is 0 Å². The van der Waals surface area contributed by atoms with Crippen molar-refractivity contribution in [3.8, 4) is 0 Å². The number of amides is 4. The Kier molecular flexibility index (Phi) is 6.05. The highest BCUT2D eigenvalue weighted by Crippen LogP contribution is 2.26. The monoisotopic (exact) mass is 399 g/mol. The van der Waals surface area contributed by atoms with Gasteiger partial charge in [0.15, 0.2) is 0 Å². The molecule has 2 aliphatic rings. The molecule has 7 nitrogen and oxygen atoms in total. The van der Waals surface area contributed by atoms with Gasteiger partial charge in [-0.05, 0) is 37.0 Å². The number of piperidine rings is 1. The van der Waals surface area contributed by atoms with Crippen LogP contribution in [0.15, 0.2) is 18.2 Å². The van der Waals surface area contributed by atoms with Gasteiger partial charge in [-0.15, -0.1) is 0 Å². The molecular formula is C22H29N3O4. The number of nitrogens with zero attached hydrogens (tertiary/aromatic N) is 2. The molecule has 29 heavy (non-hydrogen) atoms. The second-order valence-corrected chi connectivity index (χ2v) is 8.60. The highest BCUT2D eigenvalue weighted by Gasteiger charge is 2.36. The van der Waals surface area contributed by atoms with Crippen LogP contribution in [0.3, 0.4) is 0 Å². The standard InChI is InChI=1S/C22H29N3O4/c1-13(2)12-25-21(28)17-6-5-15(11-18(17)22(25)29)20(27)24-9-7-16(8-10-24)23-19(26)14(3)4/h5-6,11,13-14,16H,7-10,12H2,1-4H3,(H,23,26). The largest absolute Gasteiger partial charge is 0.353 e. The molecule has 1 saturated heterocycles. The molecule has 1 fully saturated rings. The smallest absolute Gasteiger partial charge is 0.261 e. The molecule has 1 N–H and O–H groups in total. The molecule has 0 bridgehead atoms. The van der Waals surface area contributed by atoms with E-state index in [2.05, 4.69) is 5.32 Å². The lowest BCUT2D eigenvalue weighted by Gasteiger charge is -2.32. The van der Waals surface area contributed by atoms with Crippen molar-refractivity contribution in [3.05, 3.63) is 34.9 Å². The third-order valence-electron chi connectivity index (χ3n) is 5.42. The third-order valence-corrected chi connectivity index (χ3v) is 5.42. The summed E-state index contributed by atoms with van der Waals surface area (Å²) in [6.45, 7) is 9.08. The summed E-state index contributed by atoms with van der Waals surface area (Å²) in [5.74, 6) is -0.623. The lowest BCUT2D eigenvalue weighted by Crippen LogP contribution is -2.47. The van der Waals surface area contributed by atoms with E-state index < -0.39 is 0 Å². The first kappa shape index (κ1) is 21.0. The van der Waals surface area contributed by atoms with Crippen LogP contribution < -0.4 is 5.32 Å². The van der Waals surface area contributed by atoms with Gasteiger partial charge in [0.1, 0.15) is 0 Å². The number of fused-ring (bicyclic) bond motifs is 1. The van der Waals surface area contributed by atoms with Crippen LogP contribution in [0.5, 0.6) is 0 Å². The highest BCUT2D eigenvalue weighted by molar-refractivity contribution is 6.22. The molecule has 3 rings (SSSR count). The number of carbonyl (C=O) groups is 4. The lowest BCUT2D eigenvalue weighted by molar-refractivity contribution is -0.124. The predicted octanol–water partition coefficient (Wildman–Crippen LogP) is 2.32. The molecule has 156 valence electrons.